The molecule has 2 atom stereocenters. The van der Waals surface area contributed by atoms with Gasteiger partial charge in [0.15, 0.2) is 0 Å². The summed E-state index contributed by atoms with van der Waals surface area (Å²) in [6.07, 6.45) is 3.36. The number of aromatic amines is 1. The maximum Gasteiger partial charge on any atom is 0.0458 e. The lowest BCUT2D eigenvalue weighted by molar-refractivity contribution is 0.257. The summed E-state index contributed by atoms with van der Waals surface area (Å²) in [5, 5.41) is 1.32. The van der Waals surface area contributed by atoms with Crippen molar-refractivity contribution in [1.82, 2.24) is 9.88 Å². The number of hydrogen-bond acceptors (Lipinski definition) is 2. The standard InChI is InChI=1S/C15H20BrN3/c1-10-4-11(6-17)8-19(10)9-12-7-18-15-3-2-13(16)5-14(12)15/h2-3,5,7,10-11,18H,4,6,8-9,17H2,1H3. The molecule has 0 aliphatic carbocycles. The van der Waals surface area contributed by atoms with Gasteiger partial charge in [-0.05, 0) is 49.6 Å². The van der Waals surface area contributed by atoms with Gasteiger partial charge in [-0.2, -0.15) is 0 Å². The van der Waals surface area contributed by atoms with Gasteiger partial charge in [0.2, 0.25) is 0 Å². The fourth-order valence-electron chi connectivity index (χ4n) is 3.11. The molecule has 4 heteroatoms. The predicted octanol–water partition coefficient (Wildman–Crippen LogP) is 3.10. The monoisotopic (exact) mass is 321 g/mol. The van der Waals surface area contributed by atoms with Crippen molar-refractivity contribution in [3.63, 3.8) is 0 Å². The van der Waals surface area contributed by atoms with Gasteiger partial charge in [-0.15, -0.1) is 0 Å². The van der Waals surface area contributed by atoms with Gasteiger partial charge in [-0.1, -0.05) is 15.9 Å². The Labute approximate surface area is 122 Å². The van der Waals surface area contributed by atoms with E-state index in [1.54, 1.807) is 0 Å². The van der Waals surface area contributed by atoms with E-state index in [-0.39, 0.29) is 0 Å². The van der Waals surface area contributed by atoms with Crippen LogP contribution in [0.25, 0.3) is 10.9 Å². The molecule has 1 aliphatic rings. The van der Waals surface area contributed by atoms with Crippen LogP contribution < -0.4 is 5.73 Å². The average Bonchev–Trinajstić information content (AvgIpc) is 2.95. The highest BCUT2D eigenvalue weighted by atomic mass is 79.9. The first-order chi connectivity index (χ1) is 9.17. The summed E-state index contributed by atoms with van der Waals surface area (Å²) >= 11 is 3.55. The average molecular weight is 322 g/mol. The van der Waals surface area contributed by atoms with Crippen molar-refractivity contribution in [2.45, 2.75) is 25.9 Å². The number of nitrogens with two attached hydrogens (primary N) is 1. The summed E-state index contributed by atoms with van der Waals surface area (Å²) in [5.74, 6) is 0.659. The largest absolute Gasteiger partial charge is 0.361 e. The van der Waals surface area contributed by atoms with Gasteiger partial charge in [0.05, 0.1) is 0 Å². The summed E-state index contributed by atoms with van der Waals surface area (Å²) in [4.78, 5) is 5.90. The second-order valence-corrected chi connectivity index (χ2v) is 6.54. The molecule has 2 heterocycles. The van der Waals surface area contributed by atoms with Crippen molar-refractivity contribution in [3.05, 3.63) is 34.4 Å². The normalized spacial score (nSPS) is 24.4. The van der Waals surface area contributed by atoms with Gasteiger partial charge in [-0.25, -0.2) is 0 Å². The molecule has 19 heavy (non-hydrogen) atoms. The molecular formula is C15H20BrN3. The molecule has 2 aromatic rings. The van der Waals surface area contributed by atoms with Crippen LogP contribution in [0.2, 0.25) is 0 Å². The van der Waals surface area contributed by atoms with Crippen LogP contribution in [0, 0.1) is 5.92 Å². The van der Waals surface area contributed by atoms with E-state index in [1.165, 1.54) is 22.9 Å². The van der Waals surface area contributed by atoms with Crippen molar-refractivity contribution >= 4 is 26.8 Å². The first-order valence-corrected chi connectivity index (χ1v) is 7.66. The first kappa shape index (κ1) is 13.2. The predicted molar refractivity (Wildman–Crippen MR) is 83.0 cm³/mol. The second kappa shape index (κ2) is 5.27. The number of halogens is 1. The Hall–Kier alpha value is -0.840. The van der Waals surface area contributed by atoms with E-state index in [9.17, 15) is 0 Å². The SMILES string of the molecule is CC1CC(CN)CN1Cc1c[nH]c2ccc(Br)cc12. The van der Waals surface area contributed by atoms with E-state index in [1.807, 2.05) is 0 Å². The van der Waals surface area contributed by atoms with E-state index < -0.39 is 0 Å². The molecule has 0 amide bonds. The number of fused-ring (bicyclic) bond motifs is 1. The molecule has 2 unspecified atom stereocenters. The Morgan fingerprint density at radius 1 is 1.47 bits per heavy atom. The number of hydrogen-bond donors (Lipinski definition) is 2. The van der Waals surface area contributed by atoms with Crippen LogP contribution >= 0.6 is 15.9 Å². The Balaban J connectivity index is 1.83. The van der Waals surface area contributed by atoms with Crippen LogP contribution in [0.4, 0.5) is 0 Å². The quantitative estimate of drug-likeness (QED) is 0.912. The smallest absolute Gasteiger partial charge is 0.0458 e. The topological polar surface area (TPSA) is 45.0 Å². The van der Waals surface area contributed by atoms with Crippen LogP contribution in [0.5, 0.6) is 0 Å². The minimum atomic E-state index is 0.630. The Morgan fingerprint density at radius 3 is 3.05 bits per heavy atom. The molecular weight excluding hydrogens is 302 g/mol. The Bertz CT molecular complexity index is 578. The van der Waals surface area contributed by atoms with Crippen molar-refractivity contribution in [3.8, 4) is 0 Å². The second-order valence-electron chi connectivity index (χ2n) is 5.62. The van der Waals surface area contributed by atoms with E-state index in [0.717, 1.165) is 24.1 Å². The molecule has 3 rings (SSSR count). The lowest BCUT2D eigenvalue weighted by atomic mass is 10.1. The molecule has 0 bridgehead atoms. The van der Waals surface area contributed by atoms with Gasteiger partial charge >= 0.3 is 0 Å². The van der Waals surface area contributed by atoms with Gasteiger partial charge in [0.25, 0.3) is 0 Å². The summed E-state index contributed by atoms with van der Waals surface area (Å²) in [5.41, 5.74) is 8.39. The number of H-pyrrole nitrogens is 1. The first-order valence-electron chi connectivity index (χ1n) is 6.87. The summed E-state index contributed by atoms with van der Waals surface area (Å²) in [6.45, 7) is 5.24. The molecule has 0 saturated carbocycles. The van der Waals surface area contributed by atoms with Gasteiger partial charge in [0.1, 0.15) is 0 Å². The highest BCUT2D eigenvalue weighted by Crippen LogP contribution is 2.28. The number of nitrogens with zero attached hydrogens (tertiary/aromatic N) is 1. The van der Waals surface area contributed by atoms with Crippen molar-refractivity contribution in [2.24, 2.45) is 11.7 Å². The zero-order valence-corrected chi connectivity index (χ0v) is 12.8. The zero-order valence-electron chi connectivity index (χ0n) is 11.2. The lowest BCUT2D eigenvalue weighted by Gasteiger charge is -2.20. The zero-order chi connectivity index (χ0) is 13.4. The number of rotatable bonds is 3. The van der Waals surface area contributed by atoms with Crippen molar-refractivity contribution < 1.29 is 0 Å². The Morgan fingerprint density at radius 2 is 2.32 bits per heavy atom. The highest BCUT2D eigenvalue weighted by molar-refractivity contribution is 9.10. The van der Waals surface area contributed by atoms with Crippen LogP contribution in [0.15, 0.2) is 28.9 Å². The van der Waals surface area contributed by atoms with Crippen LogP contribution in [-0.4, -0.2) is 29.0 Å². The summed E-state index contributed by atoms with van der Waals surface area (Å²) in [7, 11) is 0. The fraction of sp³-hybridized carbons (Fsp3) is 0.467. The fourth-order valence-corrected chi connectivity index (χ4v) is 3.47. The molecule has 102 valence electrons. The Kier molecular flexibility index (Phi) is 3.65. The van der Waals surface area contributed by atoms with E-state index >= 15 is 0 Å². The summed E-state index contributed by atoms with van der Waals surface area (Å²) in [6, 6.07) is 7.03. The highest BCUT2D eigenvalue weighted by Gasteiger charge is 2.28. The number of aromatic nitrogens is 1. The summed E-state index contributed by atoms with van der Waals surface area (Å²) < 4.78 is 1.13. The van der Waals surface area contributed by atoms with Gasteiger partial charge in [0, 0.05) is 40.7 Å². The van der Waals surface area contributed by atoms with Crippen LogP contribution in [0.3, 0.4) is 0 Å². The van der Waals surface area contributed by atoms with Gasteiger partial charge < -0.3 is 10.7 Å². The molecule has 1 aromatic heterocycles. The third kappa shape index (κ3) is 2.57. The van der Waals surface area contributed by atoms with Gasteiger partial charge in [-0.3, -0.25) is 4.90 Å². The van der Waals surface area contributed by atoms with E-state index in [0.29, 0.717) is 12.0 Å². The molecule has 1 saturated heterocycles. The third-order valence-electron chi connectivity index (χ3n) is 4.23. The molecule has 0 radical (unpaired) electrons. The molecule has 1 aliphatic heterocycles. The molecule has 3 nitrogen and oxygen atoms in total. The van der Waals surface area contributed by atoms with Crippen LogP contribution in [0.1, 0.15) is 18.9 Å². The van der Waals surface area contributed by atoms with E-state index in [4.69, 9.17) is 5.73 Å². The van der Waals surface area contributed by atoms with Crippen molar-refractivity contribution in [2.75, 3.05) is 13.1 Å². The number of likely N-dealkylation sites (tertiary alicyclic amines) is 1. The molecule has 0 spiro atoms. The molecule has 1 aromatic carbocycles. The molecule has 3 N–H and O–H groups in total. The maximum atomic E-state index is 5.80. The third-order valence-corrected chi connectivity index (χ3v) is 4.72. The molecule has 1 fully saturated rings. The van der Waals surface area contributed by atoms with Crippen molar-refractivity contribution in [1.29, 1.82) is 0 Å². The lowest BCUT2D eigenvalue weighted by Crippen LogP contribution is -2.27. The minimum absolute atomic E-state index is 0.630. The minimum Gasteiger partial charge on any atom is -0.361 e. The maximum absolute atomic E-state index is 5.80. The van der Waals surface area contributed by atoms with E-state index in [2.05, 4.69) is 57.1 Å². The number of benzene rings is 1. The number of nitrogens with one attached hydrogen (secondary N) is 1. The van der Waals surface area contributed by atoms with Crippen LogP contribution in [-0.2, 0) is 6.54 Å².